The van der Waals surface area contributed by atoms with E-state index in [0.717, 1.165) is 30.2 Å². The van der Waals surface area contributed by atoms with Crippen molar-refractivity contribution >= 4 is 5.82 Å². The SMILES string of the molecule is CCN(Cc1ccccn1)c1ccc([C@H](C)O)cn1. The van der Waals surface area contributed by atoms with Crippen LogP contribution in [0.4, 0.5) is 5.82 Å². The van der Waals surface area contributed by atoms with Gasteiger partial charge in [0.25, 0.3) is 0 Å². The molecule has 0 radical (unpaired) electrons. The van der Waals surface area contributed by atoms with Crippen molar-refractivity contribution in [2.75, 3.05) is 11.4 Å². The molecule has 0 bridgehead atoms. The van der Waals surface area contributed by atoms with Crippen LogP contribution in [0.15, 0.2) is 42.7 Å². The zero-order valence-corrected chi connectivity index (χ0v) is 11.3. The molecule has 0 saturated heterocycles. The molecule has 2 aromatic rings. The molecule has 0 aliphatic heterocycles. The lowest BCUT2D eigenvalue weighted by Crippen LogP contribution is -2.23. The molecule has 0 aliphatic rings. The molecule has 0 spiro atoms. The minimum absolute atomic E-state index is 0.479. The van der Waals surface area contributed by atoms with Gasteiger partial charge in [-0.1, -0.05) is 12.1 Å². The number of hydrogen-bond acceptors (Lipinski definition) is 4. The van der Waals surface area contributed by atoms with Crippen LogP contribution in [0.1, 0.15) is 31.2 Å². The Morgan fingerprint density at radius 2 is 2.05 bits per heavy atom. The van der Waals surface area contributed by atoms with Crippen LogP contribution in [0.25, 0.3) is 0 Å². The molecule has 0 unspecified atom stereocenters. The van der Waals surface area contributed by atoms with Crippen LogP contribution < -0.4 is 4.90 Å². The van der Waals surface area contributed by atoms with Gasteiger partial charge in [0.05, 0.1) is 18.3 Å². The van der Waals surface area contributed by atoms with E-state index in [0.29, 0.717) is 0 Å². The maximum absolute atomic E-state index is 9.48. The fourth-order valence-corrected chi connectivity index (χ4v) is 1.87. The Morgan fingerprint density at radius 3 is 2.58 bits per heavy atom. The van der Waals surface area contributed by atoms with Crippen LogP contribution in [-0.2, 0) is 6.54 Å². The van der Waals surface area contributed by atoms with E-state index in [1.165, 1.54) is 0 Å². The van der Waals surface area contributed by atoms with E-state index < -0.39 is 6.10 Å². The molecule has 4 heteroatoms. The van der Waals surface area contributed by atoms with Crippen LogP contribution in [0, 0.1) is 0 Å². The molecule has 0 saturated carbocycles. The minimum Gasteiger partial charge on any atom is -0.389 e. The second-order valence-corrected chi connectivity index (χ2v) is 4.46. The van der Waals surface area contributed by atoms with E-state index in [4.69, 9.17) is 0 Å². The van der Waals surface area contributed by atoms with Gasteiger partial charge in [0.2, 0.25) is 0 Å². The standard InChI is InChI=1S/C15H19N3O/c1-3-18(11-14-6-4-5-9-16-14)15-8-7-13(10-17-15)12(2)19/h4-10,12,19H,3,11H2,1-2H3/t12-/m0/s1. The minimum atomic E-state index is -0.479. The summed E-state index contributed by atoms with van der Waals surface area (Å²) >= 11 is 0. The highest BCUT2D eigenvalue weighted by molar-refractivity contribution is 5.40. The Bertz CT molecular complexity index is 497. The zero-order valence-electron chi connectivity index (χ0n) is 11.3. The number of aliphatic hydroxyl groups is 1. The highest BCUT2D eigenvalue weighted by Gasteiger charge is 2.08. The number of pyridine rings is 2. The first-order valence-electron chi connectivity index (χ1n) is 6.49. The first kappa shape index (κ1) is 13.5. The molecule has 0 aliphatic carbocycles. The van der Waals surface area contributed by atoms with E-state index in [9.17, 15) is 5.11 Å². The maximum Gasteiger partial charge on any atom is 0.128 e. The van der Waals surface area contributed by atoms with Crippen LogP contribution in [0.3, 0.4) is 0 Å². The summed E-state index contributed by atoms with van der Waals surface area (Å²) in [5.74, 6) is 0.901. The summed E-state index contributed by atoms with van der Waals surface area (Å²) in [6, 6.07) is 9.75. The van der Waals surface area contributed by atoms with Crippen LogP contribution in [-0.4, -0.2) is 21.6 Å². The van der Waals surface area contributed by atoms with Crippen molar-refractivity contribution in [2.24, 2.45) is 0 Å². The van der Waals surface area contributed by atoms with E-state index >= 15 is 0 Å². The summed E-state index contributed by atoms with van der Waals surface area (Å²) in [6.07, 6.45) is 3.04. The maximum atomic E-state index is 9.48. The fraction of sp³-hybridized carbons (Fsp3) is 0.333. The fourth-order valence-electron chi connectivity index (χ4n) is 1.87. The lowest BCUT2D eigenvalue weighted by atomic mass is 10.2. The van der Waals surface area contributed by atoms with E-state index in [-0.39, 0.29) is 0 Å². The molecule has 100 valence electrons. The summed E-state index contributed by atoms with van der Waals surface area (Å²) in [6.45, 7) is 5.42. The van der Waals surface area contributed by atoms with Crippen molar-refractivity contribution in [1.29, 1.82) is 0 Å². The number of anilines is 1. The first-order chi connectivity index (χ1) is 9.20. The molecule has 4 nitrogen and oxygen atoms in total. The second-order valence-electron chi connectivity index (χ2n) is 4.46. The van der Waals surface area contributed by atoms with Gasteiger partial charge in [0.15, 0.2) is 0 Å². The number of hydrogen-bond donors (Lipinski definition) is 1. The molecule has 0 fully saturated rings. The van der Waals surface area contributed by atoms with Crippen molar-refractivity contribution in [2.45, 2.75) is 26.5 Å². The van der Waals surface area contributed by atoms with Crippen molar-refractivity contribution in [3.05, 3.63) is 54.0 Å². The third-order valence-corrected chi connectivity index (χ3v) is 3.04. The quantitative estimate of drug-likeness (QED) is 0.894. The number of aromatic nitrogens is 2. The van der Waals surface area contributed by atoms with Gasteiger partial charge >= 0.3 is 0 Å². The molecule has 19 heavy (non-hydrogen) atoms. The smallest absolute Gasteiger partial charge is 0.128 e. The van der Waals surface area contributed by atoms with Gasteiger partial charge < -0.3 is 10.0 Å². The van der Waals surface area contributed by atoms with Crippen molar-refractivity contribution < 1.29 is 5.11 Å². The third kappa shape index (κ3) is 3.51. The largest absolute Gasteiger partial charge is 0.389 e. The van der Waals surface area contributed by atoms with Gasteiger partial charge in [-0.15, -0.1) is 0 Å². The summed E-state index contributed by atoms with van der Waals surface area (Å²) in [5.41, 5.74) is 1.85. The normalized spacial score (nSPS) is 12.2. The third-order valence-electron chi connectivity index (χ3n) is 3.04. The lowest BCUT2D eigenvalue weighted by Gasteiger charge is -2.21. The number of aliphatic hydroxyl groups excluding tert-OH is 1. The Hall–Kier alpha value is -1.94. The molecule has 2 aromatic heterocycles. The molecular weight excluding hydrogens is 238 g/mol. The summed E-state index contributed by atoms with van der Waals surface area (Å²) in [7, 11) is 0. The zero-order chi connectivity index (χ0) is 13.7. The Labute approximate surface area is 113 Å². The molecule has 1 atom stereocenters. The Morgan fingerprint density at radius 1 is 1.21 bits per heavy atom. The second kappa shape index (κ2) is 6.29. The van der Waals surface area contributed by atoms with Gasteiger partial charge in [-0.25, -0.2) is 4.98 Å². The van der Waals surface area contributed by atoms with Crippen molar-refractivity contribution in [1.82, 2.24) is 9.97 Å². The predicted molar refractivity (Wildman–Crippen MR) is 75.8 cm³/mol. The summed E-state index contributed by atoms with van der Waals surface area (Å²) in [5, 5.41) is 9.48. The van der Waals surface area contributed by atoms with E-state index in [2.05, 4.69) is 21.8 Å². The molecule has 2 rings (SSSR count). The van der Waals surface area contributed by atoms with Crippen LogP contribution >= 0.6 is 0 Å². The molecule has 1 N–H and O–H groups in total. The average molecular weight is 257 g/mol. The average Bonchev–Trinajstić information content (AvgIpc) is 2.46. The van der Waals surface area contributed by atoms with Gasteiger partial charge in [-0.2, -0.15) is 0 Å². The summed E-state index contributed by atoms with van der Waals surface area (Å²) < 4.78 is 0. The molecular formula is C15H19N3O. The van der Waals surface area contributed by atoms with Gasteiger partial charge in [-0.3, -0.25) is 4.98 Å². The lowest BCUT2D eigenvalue weighted by molar-refractivity contribution is 0.199. The van der Waals surface area contributed by atoms with Crippen molar-refractivity contribution in [3.63, 3.8) is 0 Å². The van der Waals surface area contributed by atoms with E-state index in [1.807, 2.05) is 30.3 Å². The highest BCUT2D eigenvalue weighted by Crippen LogP contribution is 2.17. The number of nitrogens with zero attached hydrogens (tertiary/aromatic N) is 3. The van der Waals surface area contributed by atoms with Gasteiger partial charge in [-0.05, 0) is 37.6 Å². The van der Waals surface area contributed by atoms with E-state index in [1.54, 1.807) is 19.3 Å². The van der Waals surface area contributed by atoms with Crippen LogP contribution in [0.2, 0.25) is 0 Å². The van der Waals surface area contributed by atoms with Gasteiger partial charge in [0.1, 0.15) is 5.82 Å². The first-order valence-corrected chi connectivity index (χ1v) is 6.49. The van der Waals surface area contributed by atoms with Crippen molar-refractivity contribution in [3.8, 4) is 0 Å². The molecule has 0 aromatic carbocycles. The highest BCUT2D eigenvalue weighted by atomic mass is 16.3. The Balaban J connectivity index is 2.13. The number of rotatable bonds is 5. The molecule has 2 heterocycles. The monoisotopic (exact) mass is 257 g/mol. The van der Waals surface area contributed by atoms with Gasteiger partial charge in [0, 0.05) is 18.9 Å². The Kier molecular flexibility index (Phi) is 4.47. The van der Waals surface area contributed by atoms with Crippen LogP contribution in [0.5, 0.6) is 0 Å². The summed E-state index contributed by atoms with van der Waals surface area (Å²) in [4.78, 5) is 10.9. The predicted octanol–water partition coefficient (Wildman–Crippen LogP) is 2.56. The topological polar surface area (TPSA) is 49.2 Å². The molecule has 0 amide bonds.